The minimum absolute atomic E-state index is 0.443. The van der Waals surface area contributed by atoms with Crippen molar-refractivity contribution in [1.82, 2.24) is 4.98 Å². The van der Waals surface area contributed by atoms with Crippen LogP contribution in [-0.2, 0) is 4.79 Å². The Hall–Kier alpha value is -2.76. The number of fused-ring (bicyclic) bond motifs is 2. The molecular weight excluding hydrogens is 348 g/mol. The van der Waals surface area contributed by atoms with Crippen LogP contribution >= 0.6 is 0 Å². The van der Waals surface area contributed by atoms with Gasteiger partial charge >= 0.3 is 6.05 Å². The number of halogens is 2. The van der Waals surface area contributed by atoms with Crippen LogP contribution in [0.1, 0.15) is 19.8 Å². The van der Waals surface area contributed by atoms with Crippen molar-refractivity contribution in [2.45, 2.75) is 25.8 Å². The largest absolute Gasteiger partial charge is 0.375 e. The number of carbonyl (C=O) groups is 1. The summed E-state index contributed by atoms with van der Waals surface area (Å²) in [7, 11) is 3.36. The number of aromatic nitrogens is 1. The van der Waals surface area contributed by atoms with E-state index in [0.29, 0.717) is 12.1 Å². The Morgan fingerprint density at radius 3 is 2.19 bits per heavy atom. The maximum Gasteiger partial charge on any atom is 0.322 e. The van der Waals surface area contributed by atoms with Crippen LogP contribution in [0, 0.1) is 0 Å². The highest BCUT2D eigenvalue weighted by Crippen LogP contribution is 2.30. The molecule has 0 bridgehead atoms. The molecule has 0 spiro atoms. The monoisotopic (exact) mass is 371 g/mol. The molecule has 0 aliphatic rings. The molecule has 1 heterocycles. The number of benzene rings is 2. The number of anilines is 2. The van der Waals surface area contributed by atoms with Gasteiger partial charge in [0.2, 0.25) is 0 Å². The molecule has 0 fully saturated rings. The first-order chi connectivity index (χ1) is 12.8. The van der Waals surface area contributed by atoms with Crippen molar-refractivity contribution in [2.75, 3.05) is 30.4 Å². The summed E-state index contributed by atoms with van der Waals surface area (Å²) >= 11 is 0. The highest BCUT2D eigenvalue weighted by atomic mass is 19.3. The van der Waals surface area contributed by atoms with Gasteiger partial charge in [-0.05, 0) is 48.9 Å². The van der Waals surface area contributed by atoms with Gasteiger partial charge in [0, 0.05) is 56.1 Å². The van der Waals surface area contributed by atoms with Crippen LogP contribution in [0.3, 0.4) is 0 Å². The van der Waals surface area contributed by atoms with Crippen molar-refractivity contribution in [2.24, 2.45) is 0 Å². The Morgan fingerprint density at radius 1 is 1.00 bits per heavy atom. The van der Waals surface area contributed by atoms with E-state index in [1.165, 1.54) is 7.05 Å². The van der Waals surface area contributed by atoms with Gasteiger partial charge in [-0.15, -0.1) is 0 Å². The Balaban J connectivity index is 1.97. The summed E-state index contributed by atoms with van der Waals surface area (Å²) in [6, 6.07) is 10.2. The van der Waals surface area contributed by atoms with Gasteiger partial charge in [0.25, 0.3) is 0 Å². The number of hydrogen-bond acceptors (Lipinski definition) is 4. The summed E-state index contributed by atoms with van der Waals surface area (Å²) in [5.41, 5.74) is 3.10. The second-order valence-electron chi connectivity index (χ2n) is 6.87. The van der Waals surface area contributed by atoms with E-state index in [9.17, 15) is 13.6 Å². The van der Waals surface area contributed by atoms with Crippen molar-refractivity contribution in [1.29, 1.82) is 0 Å². The molecule has 142 valence electrons. The average molecular weight is 371 g/mol. The number of nitrogens with zero attached hydrogens (tertiary/aromatic N) is 3. The summed E-state index contributed by atoms with van der Waals surface area (Å²) in [5.74, 6) is 0. The highest BCUT2D eigenvalue weighted by molar-refractivity contribution is 5.95. The third-order valence-electron chi connectivity index (χ3n) is 4.81. The first-order valence-electron chi connectivity index (χ1n) is 8.90. The molecule has 0 saturated carbocycles. The zero-order valence-corrected chi connectivity index (χ0v) is 15.7. The van der Waals surface area contributed by atoms with E-state index in [-0.39, 0.29) is 0 Å². The van der Waals surface area contributed by atoms with Crippen LogP contribution in [0.5, 0.6) is 0 Å². The molecule has 1 aromatic heterocycles. The lowest BCUT2D eigenvalue weighted by atomic mass is 10.1. The van der Waals surface area contributed by atoms with Gasteiger partial charge in [-0.25, -0.2) is 4.98 Å². The van der Waals surface area contributed by atoms with Gasteiger partial charge in [0.15, 0.2) is 0 Å². The van der Waals surface area contributed by atoms with Gasteiger partial charge in [-0.2, -0.15) is 8.78 Å². The molecule has 3 rings (SSSR count). The number of rotatable bonds is 7. The first kappa shape index (κ1) is 19.0. The number of aldehydes is 1. The highest BCUT2D eigenvalue weighted by Gasteiger charge is 2.27. The number of alkyl halides is 2. The normalized spacial score (nSPS) is 11.7. The van der Waals surface area contributed by atoms with Gasteiger partial charge in [0.05, 0.1) is 11.0 Å². The molecule has 0 radical (unpaired) electrons. The molecular formula is C21H23F2N3O. The maximum atomic E-state index is 13.6. The fraction of sp³-hybridized carbons (Fsp3) is 0.333. The zero-order valence-electron chi connectivity index (χ0n) is 15.7. The van der Waals surface area contributed by atoms with Crippen molar-refractivity contribution in [3.8, 4) is 0 Å². The van der Waals surface area contributed by atoms with E-state index < -0.39 is 6.05 Å². The van der Waals surface area contributed by atoms with E-state index >= 15 is 0 Å². The quantitative estimate of drug-likeness (QED) is 0.257. The summed E-state index contributed by atoms with van der Waals surface area (Å²) in [5, 5.41) is 1.77. The number of pyridine rings is 1. The van der Waals surface area contributed by atoms with Crippen LogP contribution in [-0.4, -0.2) is 38.0 Å². The summed E-state index contributed by atoms with van der Waals surface area (Å²) in [4.78, 5) is 18.2. The third-order valence-corrected chi connectivity index (χ3v) is 4.81. The molecule has 0 amide bonds. The van der Waals surface area contributed by atoms with Crippen LogP contribution < -0.4 is 9.80 Å². The van der Waals surface area contributed by atoms with Gasteiger partial charge in [-0.1, -0.05) is 0 Å². The lowest BCUT2D eigenvalue weighted by Crippen LogP contribution is -2.35. The minimum atomic E-state index is -2.94. The molecule has 0 saturated heterocycles. The molecule has 2 aromatic carbocycles. The number of hydrogen-bond donors (Lipinski definition) is 0. The number of carbonyl (C=O) groups excluding carboxylic acids is 1. The molecule has 0 unspecified atom stereocenters. The SMILES string of the molecule is CN(CCCC=O)c1ccc2nc3ccc(N(C)C(C)(F)F)cc3cc2c1. The zero-order chi connectivity index (χ0) is 19.6. The Kier molecular flexibility index (Phi) is 5.26. The Labute approximate surface area is 157 Å². The molecule has 27 heavy (non-hydrogen) atoms. The summed E-state index contributed by atoms with van der Waals surface area (Å²) in [6.07, 6.45) is 2.27. The van der Waals surface area contributed by atoms with Gasteiger partial charge < -0.3 is 14.6 Å². The first-order valence-corrected chi connectivity index (χ1v) is 8.90. The lowest BCUT2D eigenvalue weighted by molar-refractivity contribution is -0.107. The second kappa shape index (κ2) is 7.47. The minimum Gasteiger partial charge on any atom is -0.375 e. The number of unbranched alkanes of at least 4 members (excludes halogenated alkanes) is 1. The van der Waals surface area contributed by atoms with Crippen molar-refractivity contribution < 1.29 is 13.6 Å². The van der Waals surface area contributed by atoms with Gasteiger partial charge in [0.1, 0.15) is 6.29 Å². The standard InChI is InChI=1S/C21H23F2N3O/c1-21(22,23)26(3)18-7-9-20-16(14-18)12-15-13-17(6-8-19(15)24-20)25(2)10-4-5-11-27/h6-9,11-14H,4-5,10H2,1-3H3. The van der Waals surface area contributed by atoms with Crippen LogP contribution in [0.4, 0.5) is 20.2 Å². The van der Waals surface area contributed by atoms with Crippen LogP contribution in [0.25, 0.3) is 21.8 Å². The van der Waals surface area contributed by atoms with Crippen molar-refractivity contribution >= 4 is 39.5 Å². The molecule has 0 atom stereocenters. The molecule has 0 N–H and O–H groups in total. The van der Waals surface area contributed by atoms with Crippen molar-refractivity contribution in [3.63, 3.8) is 0 Å². The molecule has 6 heteroatoms. The van der Waals surface area contributed by atoms with Crippen molar-refractivity contribution in [3.05, 3.63) is 42.5 Å². The molecule has 0 aliphatic carbocycles. The van der Waals surface area contributed by atoms with Crippen LogP contribution in [0.15, 0.2) is 42.5 Å². The average Bonchev–Trinajstić information content (AvgIpc) is 2.64. The molecule has 3 aromatic rings. The maximum absolute atomic E-state index is 13.6. The fourth-order valence-electron chi connectivity index (χ4n) is 3.03. The Bertz CT molecular complexity index is 969. The Morgan fingerprint density at radius 2 is 1.59 bits per heavy atom. The van der Waals surface area contributed by atoms with E-state index in [4.69, 9.17) is 0 Å². The predicted molar refractivity (Wildman–Crippen MR) is 107 cm³/mol. The molecule has 0 aliphatic heterocycles. The third kappa shape index (κ3) is 4.15. The van der Waals surface area contributed by atoms with Gasteiger partial charge in [-0.3, -0.25) is 0 Å². The van der Waals surface area contributed by atoms with E-state index in [0.717, 1.165) is 58.6 Å². The lowest BCUT2D eigenvalue weighted by Gasteiger charge is -2.26. The topological polar surface area (TPSA) is 36.4 Å². The fourth-order valence-corrected chi connectivity index (χ4v) is 3.03. The van der Waals surface area contributed by atoms with E-state index in [2.05, 4.69) is 9.88 Å². The molecule has 4 nitrogen and oxygen atoms in total. The van der Waals surface area contributed by atoms with E-state index in [1.807, 2.05) is 31.3 Å². The predicted octanol–water partition coefficient (Wildman–Crippen LogP) is 4.85. The summed E-state index contributed by atoms with van der Waals surface area (Å²) in [6.45, 7) is 1.66. The van der Waals surface area contributed by atoms with E-state index in [1.54, 1.807) is 18.2 Å². The summed E-state index contributed by atoms with van der Waals surface area (Å²) < 4.78 is 27.2. The smallest absolute Gasteiger partial charge is 0.322 e. The van der Waals surface area contributed by atoms with Crippen LogP contribution in [0.2, 0.25) is 0 Å². The second-order valence-corrected chi connectivity index (χ2v) is 6.87.